The van der Waals surface area contributed by atoms with Crippen LogP contribution in [0.5, 0.6) is 0 Å². The highest BCUT2D eigenvalue weighted by molar-refractivity contribution is 5.95. The Kier molecular flexibility index (Phi) is 6.97. The number of aromatic nitrogens is 2. The van der Waals surface area contributed by atoms with E-state index < -0.39 is 23.8 Å². The van der Waals surface area contributed by atoms with Crippen molar-refractivity contribution < 1.29 is 23.1 Å². The topological polar surface area (TPSA) is 89.1 Å². The standard InChI is InChI=1S/C26H26F3N3O2/c27-26(28,29)18-10-8-17(9-11-18)20-14-21(25(30)34)24(19-5-1-2-6-23(19)33)32-22(20)12-7-16-4-3-13-31-15-16/h3-4,8-11,13-15,19,23,33H,1-2,5-7,12H2,(H2,30,34)/t19-,23+/m0/s1. The highest BCUT2D eigenvalue weighted by Gasteiger charge is 2.32. The number of primary amides is 1. The summed E-state index contributed by atoms with van der Waals surface area (Å²) in [5, 5.41) is 10.6. The lowest BCUT2D eigenvalue weighted by molar-refractivity contribution is -0.137. The second-order valence-corrected chi connectivity index (χ2v) is 8.67. The number of hydrogen-bond donors (Lipinski definition) is 2. The van der Waals surface area contributed by atoms with Crippen LogP contribution in [-0.4, -0.2) is 27.1 Å². The van der Waals surface area contributed by atoms with Crippen molar-refractivity contribution in [3.63, 3.8) is 0 Å². The van der Waals surface area contributed by atoms with Crippen molar-refractivity contribution in [2.24, 2.45) is 5.73 Å². The molecule has 0 bridgehead atoms. The van der Waals surface area contributed by atoms with E-state index in [9.17, 15) is 23.1 Å². The summed E-state index contributed by atoms with van der Waals surface area (Å²) in [6.07, 6.45) is 2.58. The normalized spacial score (nSPS) is 18.6. The van der Waals surface area contributed by atoms with Gasteiger partial charge in [-0.25, -0.2) is 0 Å². The molecule has 4 rings (SSSR count). The Morgan fingerprint density at radius 3 is 2.44 bits per heavy atom. The average Bonchev–Trinajstić information content (AvgIpc) is 2.83. The van der Waals surface area contributed by atoms with Gasteiger partial charge in [-0.3, -0.25) is 14.8 Å². The van der Waals surface area contributed by atoms with E-state index >= 15 is 0 Å². The zero-order valence-electron chi connectivity index (χ0n) is 18.6. The number of pyridine rings is 2. The van der Waals surface area contributed by atoms with E-state index in [-0.39, 0.29) is 11.5 Å². The molecule has 2 aromatic heterocycles. The zero-order chi connectivity index (χ0) is 24.3. The second-order valence-electron chi connectivity index (χ2n) is 8.67. The quantitative estimate of drug-likeness (QED) is 0.528. The van der Waals surface area contributed by atoms with E-state index in [0.717, 1.165) is 30.5 Å². The summed E-state index contributed by atoms with van der Waals surface area (Å²) in [7, 11) is 0. The monoisotopic (exact) mass is 469 g/mol. The second kappa shape index (κ2) is 9.93. The molecule has 0 spiro atoms. The lowest BCUT2D eigenvalue weighted by atomic mass is 9.81. The van der Waals surface area contributed by atoms with Gasteiger partial charge in [-0.05, 0) is 61.1 Å². The molecule has 1 aliphatic carbocycles. The Bertz CT molecular complexity index is 1150. The molecule has 1 fully saturated rings. The first-order chi connectivity index (χ1) is 16.2. The lowest BCUT2D eigenvalue weighted by Gasteiger charge is -2.29. The number of aryl methyl sites for hydroxylation is 2. The van der Waals surface area contributed by atoms with Crippen LogP contribution < -0.4 is 5.73 Å². The first-order valence-corrected chi connectivity index (χ1v) is 11.3. The molecule has 0 saturated heterocycles. The number of hydrogen-bond acceptors (Lipinski definition) is 4. The molecule has 0 radical (unpaired) electrons. The lowest BCUT2D eigenvalue weighted by Crippen LogP contribution is -2.27. The zero-order valence-corrected chi connectivity index (χ0v) is 18.6. The predicted octanol–water partition coefficient (Wildman–Crippen LogP) is 5.07. The van der Waals surface area contributed by atoms with E-state index in [2.05, 4.69) is 4.98 Å². The fraction of sp³-hybridized carbons (Fsp3) is 0.346. The summed E-state index contributed by atoms with van der Waals surface area (Å²) in [6, 6.07) is 10.2. The van der Waals surface area contributed by atoms with Gasteiger partial charge >= 0.3 is 6.18 Å². The summed E-state index contributed by atoms with van der Waals surface area (Å²) in [4.78, 5) is 21.3. The predicted molar refractivity (Wildman–Crippen MR) is 122 cm³/mol. The number of aliphatic hydroxyl groups excluding tert-OH is 1. The summed E-state index contributed by atoms with van der Waals surface area (Å²) in [5.74, 6) is -0.984. The number of rotatable bonds is 6. The number of amides is 1. The largest absolute Gasteiger partial charge is 0.416 e. The first-order valence-electron chi connectivity index (χ1n) is 11.3. The van der Waals surface area contributed by atoms with E-state index in [1.807, 2.05) is 12.1 Å². The molecule has 3 N–H and O–H groups in total. The van der Waals surface area contributed by atoms with Gasteiger partial charge in [0.25, 0.3) is 5.91 Å². The van der Waals surface area contributed by atoms with Crippen LogP contribution in [0.2, 0.25) is 0 Å². The molecule has 1 aromatic carbocycles. The number of alkyl halides is 3. The van der Waals surface area contributed by atoms with E-state index in [4.69, 9.17) is 10.7 Å². The highest BCUT2D eigenvalue weighted by Crippen LogP contribution is 2.37. The Morgan fingerprint density at radius 2 is 1.82 bits per heavy atom. The highest BCUT2D eigenvalue weighted by atomic mass is 19.4. The molecule has 34 heavy (non-hydrogen) atoms. The van der Waals surface area contributed by atoms with Gasteiger partial charge in [-0.1, -0.05) is 31.0 Å². The molecule has 1 saturated carbocycles. The molecular weight excluding hydrogens is 443 g/mol. The molecular formula is C26H26F3N3O2. The first kappa shape index (κ1) is 23.9. The van der Waals surface area contributed by atoms with E-state index in [1.54, 1.807) is 18.5 Å². The summed E-state index contributed by atoms with van der Waals surface area (Å²) in [5.41, 5.74) is 8.31. The fourth-order valence-corrected chi connectivity index (χ4v) is 4.57. The van der Waals surface area contributed by atoms with Gasteiger partial charge < -0.3 is 10.8 Å². The van der Waals surface area contributed by atoms with Crippen LogP contribution in [0, 0.1) is 0 Å². The number of carbonyl (C=O) groups excluding carboxylic acids is 1. The van der Waals surface area contributed by atoms with Gasteiger partial charge in [0.1, 0.15) is 0 Å². The van der Waals surface area contributed by atoms with Crippen molar-refractivity contribution >= 4 is 5.91 Å². The van der Waals surface area contributed by atoms with Crippen molar-refractivity contribution in [1.82, 2.24) is 9.97 Å². The minimum Gasteiger partial charge on any atom is -0.392 e. The number of nitrogens with two attached hydrogens (primary N) is 1. The maximum absolute atomic E-state index is 13.1. The maximum Gasteiger partial charge on any atom is 0.416 e. The summed E-state index contributed by atoms with van der Waals surface area (Å²) >= 11 is 0. The third-order valence-electron chi connectivity index (χ3n) is 6.37. The minimum atomic E-state index is -4.45. The number of halogens is 3. The molecule has 2 atom stereocenters. The number of aliphatic hydroxyl groups is 1. The molecule has 5 nitrogen and oxygen atoms in total. The van der Waals surface area contributed by atoms with Crippen LogP contribution >= 0.6 is 0 Å². The molecule has 2 heterocycles. The van der Waals surface area contributed by atoms with E-state index in [1.165, 1.54) is 12.1 Å². The third-order valence-corrected chi connectivity index (χ3v) is 6.37. The fourth-order valence-electron chi connectivity index (χ4n) is 4.57. The SMILES string of the molecule is NC(=O)c1cc(-c2ccc(C(F)(F)F)cc2)c(CCc2cccnc2)nc1[C@H]1CCCC[C@H]1O. The average molecular weight is 470 g/mol. The Hall–Kier alpha value is -3.26. The van der Waals surface area contributed by atoms with Gasteiger partial charge in [0.05, 0.1) is 22.9 Å². The molecule has 3 aromatic rings. The van der Waals surface area contributed by atoms with Crippen LogP contribution in [-0.2, 0) is 19.0 Å². The summed E-state index contributed by atoms with van der Waals surface area (Å²) in [6.45, 7) is 0. The third kappa shape index (κ3) is 5.28. The van der Waals surface area contributed by atoms with Crippen molar-refractivity contribution in [2.75, 3.05) is 0 Å². The molecule has 0 unspecified atom stereocenters. The van der Waals surface area contributed by atoms with Crippen LogP contribution in [0.3, 0.4) is 0 Å². The van der Waals surface area contributed by atoms with Crippen molar-refractivity contribution in [2.45, 2.75) is 56.7 Å². The Morgan fingerprint density at radius 1 is 1.09 bits per heavy atom. The molecule has 0 aliphatic heterocycles. The summed E-state index contributed by atoms with van der Waals surface area (Å²) < 4.78 is 39.2. The van der Waals surface area contributed by atoms with Gasteiger partial charge in [-0.2, -0.15) is 13.2 Å². The van der Waals surface area contributed by atoms with Crippen LogP contribution in [0.1, 0.15) is 64.5 Å². The van der Waals surface area contributed by atoms with Crippen molar-refractivity contribution in [3.8, 4) is 11.1 Å². The van der Waals surface area contributed by atoms with Crippen molar-refractivity contribution in [3.05, 3.63) is 82.9 Å². The Labute approximate surface area is 195 Å². The van der Waals surface area contributed by atoms with Gasteiger partial charge in [0.2, 0.25) is 0 Å². The smallest absolute Gasteiger partial charge is 0.392 e. The van der Waals surface area contributed by atoms with Gasteiger partial charge in [0.15, 0.2) is 0 Å². The van der Waals surface area contributed by atoms with Crippen LogP contribution in [0.15, 0.2) is 54.9 Å². The van der Waals surface area contributed by atoms with E-state index in [0.29, 0.717) is 48.2 Å². The van der Waals surface area contributed by atoms with Crippen LogP contribution in [0.25, 0.3) is 11.1 Å². The maximum atomic E-state index is 13.1. The van der Waals surface area contributed by atoms with Gasteiger partial charge in [0, 0.05) is 29.6 Å². The molecule has 1 aliphatic rings. The molecule has 178 valence electrons. The molecule has 8 heteroatoms. The number of nitrogens with zero attached hydrogens (tertiary/aromatic N) is 2. The van der Waals surface area contributed by atoms with Crippen molar-refractivity contribution in [1.29, 1.82) is 0 Å². The Balaban J connectivity index is 1.80. The van der Waals surface area contributed by atoms with Gasteiger partial charge in [-0.15, -0.1) is 0 Å². The van der Waals surface area contributed by atoms with Crippen LogP contribution in [0.4, 0.5) is 13.2 Å². The minimum absolute atomic E-state index is 0.200. The molecule has 1 amide bonds. The number of carbonyl (C=O) groups is 1. The number of benzene rings is 1.